The van der Waals surface area contributed by atoms with Gasteiger partial charge >= 0.3 is 5.97 Å². The Bertz CT molecular complexity index is 773. The number of aliphatic carboxylic acids is 1. The second-order valence-electron chi connectivity index (χ2n) is 6.07. The van der Waals surface area contributed by atoms with Gasteiger partial charge in [0.15, 0.2) is 0 Å². The van der Waals surface area contributed by atoms with Gasteiger partial charge in [-0.05, 0) is 62.6 Å². The number of fused-ring (bicyclic) bond motifs is 1. The van der Waals surface area contributed by atoms with Crippen molar-refractivity contribution in [2.75, 3.05) is 6.61 Å². The maximum absolute atomic E-state index is 12.9. The van der Waals surface area contributed by atoms with Crippen LogP contribution in [0.15, 0.2) is 30.3 Å². The van der Waals surface area contributed by atoms with E-state index in [0.717, 1.165) is 23.4 Å². The van der Waals surface area contributed by atoms with Crippen molar-refractivity contribution in [1.29, 1.82) is 0 Å². The molecule has 1 aliphatic rings. The summed E-state index contributed by atoms with van der Waals surface area (Å²) in [5, 5.41) is 9.41. The van der Waals surface area contributed by atoms with E-state index in [-0.39, 0.29) is 5.78 Å². The fourth-order valence-electron chi connectivity index (χ4n) is 3.40. The maximum atomic E-state index is 12.9. The molecule has 1 aromatic heterocycles. The molecule has 126 valence electrons. The molecule has 24 heavy (non-hydrogen) atoms. The summed E-state index contributed by atoms with van der Waals surface area (Å²) >= 11 is 0. The molecular weight excluding hydrogens is 306 g/mol. The molecule has 0 saturated carbocycles. The molecule has 1 aromatic carbocycles. The molecule has 2 heterocycles. The Hall–Kier alpha value is -2.56. The van der Waals surface area contributed by atoms with E-state index in [1.807, 2.05) is 24.5 Å². The van der Waals surface area contributed by atoms with Crippen molar-refractivity contribution in [1.82, 2.24) is 4.57 Å². The Kier molecular flexibility index (Phi) is 4.42. The molecule has 1 N–H and O–H groups in total. The summed E-state index contributed by atoms with van der Waals surface area (Å²) < 4.78 is 7.29. The summed E-state index contributed by atoms with van der Waals surface area (Å²) in [7, 11) is 0. The first kappa shape index (κ1) is 16.3. The van der Waals surface area contributed by atoms with Crippen molar-refractivity contribution in [3.63, 3.8) is 0 Å². The van der Waals surface area contributed by atoms with E-state index in [9.17, 15) is 14.7 Å². The van der Waals surface area contributed by atoms with Gasteiger partial charge in [0.25, 0.3) is 0 Å². The number of carbonyl (C=O) groups is 2. The standard InChI is InChI=1S/C19H21NO4/c1-3-24-14-8-6-13(7-9-14)18(21)17-12(2)11-16-15(19(22)23)5-4-10-20(16)17/h6-9,11,15H,3-5,10H2,1-2H3,(H,22,23). The normalized spacial score (nSPS) is 16.5. The monoisotopic (exact) mass is 327 g/mol. The summed E-state index contributed by atoms with van der Waals surface area (Å²) in [4.78, 5) is 24.4. The first-order chi connectivity index (χ1) is 11.5. The van der Waals surface area contributed by atoms with Crippen LogP contribution in [-0.4, -0.2) is 28.0 Å². The van der Waals surface area contributed by atoms with Crippen LogP contribution in [-0.2, 0) is 11.3 Å². The third-order valence-electron chi connectivity index (χ3n) is 4.49. The molecular formula is C19H21NO4. The van der Waals surface area contributed by atoms with Crippen molar-refractivity contribution >= 4 is 11.8 Å². The quantitative estimate of drug-likeness (QED) is 0.855. The fraction of sp³-hybridized carbons (Fsp3) is 0.368. The fourth-order valence-corrected chi connectivity index (χ4v) is 3.40. The highest BCUT2D eigenvalue weighted by molar-refractivity contribution is 6.09. The number of aryl methyl sites for hydroxylation is 1. The number of nitrogens with zero attached hydrogens (tertiary/aromatic N) is 1. The molecule has 0 saturated heterocycles. The van der Waals surface area contributed by atoms with Gasteiger partial charge in [0.1, 0.15) is 5.75 Å². The van der Waals surface area contributed by atoms with Gasteiger partial charge in [-0.1, -0.05) is 0 Å². The number of ether oxygens (including phenoxy) is 1. The number of carbonyl (C=O) groups excluding carboxylic acids is 1. The molecule has 0 aliphatic carbocycles. The van der Waals surface area contributed by atoms with E-state index in [0.29, 0.717) is 30.8 Å². The van der Waals surface area contributed by atoms with E-state index >= 15 is 0 Å². The van der Waals surface area contributed by atoms with Gasteiger partial charge in [0.05, 0.1) is 18.2 Å². The third-order valence-corrected chi connectivity index (χ3v) is 4.49. The van der Waals surface area contributed by atoms with E-state index in [2.05, 4.69) is 0 Å². The summed E-state index contributed by atoms with van der Waals surface area (Å²) in [5.41, 5.74) is 2.75. The van der Waals surface area contributed by atoms with Crippen LogP contribution in [0.1, 0.15) is 53.0 Å². The molecule has 5 heteroatoms. The molecule has 1 unspecified atom stereocenters. The topological polar surface area (TPSA) is 68.5 Å². The summed E-state index contributed by atoms with van der Waals surface area (Å²) in [6.45, 7) is 5.04. The highest BCUT2D eigenvalue weighted by Crippen LogP contribution is 2.32. The maximum Gasteiger partial charge on any atom is 0.312 e. The van der Waals surface area contributed by atoms with Crippen LogP contribution in [0.5, 0.6) is 5.75 Å². The molecule has 5 nitrogen and oxygen atoms in total. The van der Waals surface area contributed by atoms with E-state index in [1.165, 1.54) is 0 Å². The lowest BCUT2D eigenvalue weighted by atomic mass is 9.96. The minimum absolute atomic E-state index is 0.0761. The minimum atomic E-state index is -0.825. The minimum Gasteiger partial charge on any atom is -0.494 e. The van der Waals surface area contributed by atoms with Crippen molar-refractivity contribution in [3.05, 3.63) is 52.8 Å². The van der Waals surface area contributed by atoms with Gasteiger partial charge in [-0.25, -0.2) is 0 Å². The summed E-state index contributed by atoms with van der Waals surface area (Å²) in [6, 6.07) is 8.92. The van der Waals surface area contributed by atoms with Crippen LogP contribution in [0.3, 0.4) is 0 Å². The molecule has 0 radical (unpaired) electrons. The van der Waals surface area contributed by atoms with Gasteiger partial charge in [0.2, 0.25) is 5.78 Å². The number of ketones is 1. The number of carboxylic acids is 1. The number of benzene rings is 1. The molecule has 1 aliphatic heterocycles. The largest absolute Gasteiger partial charge is 0.494 e. The van der Waals surface area contributed by atoms with Gasteiger partial charge in [-0.2, -0.15) is 0 Å². The van der Waals surface area contributed by atoms with E-state index in [1.54, 1.807) is 24.3 Å². The van der Waals surface area contributed by atoms with Crippen LogP contribution in [0, 0.1) is 6.92 Å². The second-order valence-corrected chi connectivity index (χ2v) is 6.07. The Morgan fingerprint density at radius 2 is 2.00 bits per heavy atom. The lowest BCUT2D eigenvalue weighted by Crippen LogP contribution is -2.24. The highest BCUT2D eigenvalue weighted by Gasteiger charge is 2.31. The molecule has 1 atom stereocenters. The SMILES string of the molecule is CCOc1ccc(C(=O)c2c(C)cc3n2CCCC3C(=O)O)cc1. The highest BCUT2D eigenvalue weighted by atomic mass is 16.5. The summed E-state index contributed by atoms with van der Waals surface area (Å²) in [5.74, 6) is -0.699. The van der Waals surface area contributed by atoms with Crippen LogP contribution in [0.25, 0.3) is 0 Å². The van der Waals surface area contributed by atoms with Gasteiger partial charge in [-0.3, -0.25) is 9.59 Å². The average Bonchev–Trinajstić information content (AvgIpc) is 2.90. The Labute approximate surface area is 140 Å². The van der Waals surface area contributed by atoms with Crippen molar-refractivity contribution in [2.24, 2.45) is 0 Å². The predicted molar refractivity (Wildman–Crippen MR) is 89.8 cm³/mol. The third kappa shape index (κ3) is 2.82. The number of carboxylic acid groups (broad SMARTS) is 1. The zero-order valence-electron chi connectivity index (χ0n) is 13.9. The molecule has 0 amide bonds. The first-order valence-electron chi connectivity index (χ1n) is 8.23. The molecule has 0 bridgehead atoms. The molecule has 0 fully saturated rings. The zero-order chi connectivity index (χ0) is 17.3. The van der Waals surface area contributed by atoms with Gasteiger partial charge in [0, 0.05) is 17.8 Å². The first-order valence-corrected chi connectivity index (χ1v) is 8.23. The van der Waals surface area contributed by atoms with E-state index < -0.39 is 11.9 Å². The van der Waals surface area contributed by atoms with Crippen molar-refractivity contribution < 1.29 is 19.4 Å². The zero-order valence-corrected chi connectivity index (χ0v) is 13.9. The van der Waals surface area contributed by atoms with Gasteiger partial charge in [-0.15, -0.1) is 0 Å². The van der Waals surface area contributed by atoms with Crippen LogP contribution in [0.4, 0.5) is 0 Å². The smallest absolute Gasteiger partial charge is 0.312 e. The van der Waals surface area contributed by atoms with Crippen LogP contribution < -0.4 is 4.74 Å². The van der Waals surface area contributed by atoms with Crippen LogP contribution in [0.2, 0.25) is 0 Å². The average molecular weight is 327 g/mol. The second kappa shape index (κ2) is 6.51. The Morgan fingerprint density at radius 1 is 1.29 bits per heavy atom. The Morgan fingerprint density at radius 3 is 2.62 bits per heavy atom. The van der Waals surface area contributed by atoms with E-state index in [4.69, 9.17) is 4.74 Å². The lowest BCUT2D eigenvalue weighted by molar-refractivity contribution is -0.139. The number of rotatable bonds is 5. The van der Waals surface area contributed by atoms with Gasteiger partial charge < -0.3 is 14.4 Å². The number of hydrogen-bond acceptors (Lipinski definition) is 3. The Balaban J connectivity index is 1.97. The summed E-state index contributed by atoms with van der Waals surface area (Å²) in [6.07, 6.45) is 1.39. The van der Waals surface area contributed by atoms with Crippen molar-refractivity contribution in [3.8, 4) is 5.75 Å². The number of hydrogen-bond donors (Lipinski definition) is 1. The van der Waals surface area contributed by atoms with Crippen molar-refractivity contribution in [2.45, 2.75) is 39.2 Å². The lowest BCUT2D eigenvalue weighted by Gasteiger charge is -2.23. The van der Waals surface area contributed by atoms with Crippen LogP contribution >= 0.6 is 0 Å². The number of aromatic nitrogens is 1. The molecule has 0 spiro atoms. The molecule has 2 aromatic rings. The predicted octanol–water partition coefficient (Wildman–Crippen LogP) is 3.39. The molecule has 3 rings (SSSR count).